The molecule has 0 unspecified atom stereocenters. The maximum atomic E-state index is 12.2. The summed E-state index contributed by atoms with van der Waals surface area (Å²) in [5, 5.41) is 13.4. The zero-order valence-corrected chi connectivity index (χ0v) is 16.8. The Hall–Kier alpha value is -1.48. The average molecular weight is 402 g/mol. The first-order valence-corrected chi connectivity index (χ1v) is 10.4. The number of amides is 1. The highest BCUT2D eigenvalue weighted by molar-refractivity contribution is 7.88. The molecule has 0 fully saturated rings. The maximum Gasteiger partial charge on any atom is 0.217 e. The highest BCUT2D eigenvalue weighted by atomic mass is 32.2. The quantitative estimate of drug-likeness (QED) is 0.541. The molecule has 0 saturated carbocycles. The second-order valence-electron chi connectivity index (χ2n) is 7.49. The van der Waals surface area contributed by atoms with E-state index in [0.29, 0.717) is 13.0 Å². The fourth-order valence-electron chi connectivity index (χ4n) is 2.61. The summed E-state index contributed by atoms with van der Waals surface area (Å²) in [5.41, 5.74) is 6.23. The van der Waals surface area contributed by atoms with Gasteiger partial charge in [0.2, 0.25) is 15.9 Å². The summed E-state index contributed by atoms with van der Waals surface area (Å²) in [6, 6.07) is 8.83. The van der Waals surface area contributed by atoms with Crippen molar-refractivity contribution < 1.29 is 18.3 Å². The average Bonchev–Trinajstić information content (AvgIpc) is 2.53. The first-order valence-electron chi connectivity index (χ1n) is 8.59. The van der Waals surface area contributed by atoms with Gasteiger partial charge in [0.15, 0.2) is 0 Å². The molecule has 0 aliphatic carbocycles. The number of nitrogens with zero attached hydrogens (tertiary/aromatic N) is 1. The van der Waals surface area contributed by atoms with Gasteiger partial charge in [-0.15, -0.1) is 0 Å². The molecule has 2 atom stereocenters. The van der Waals surface area contributed by atoms with Crippen molar-refractivity contribution in [3.63, 3.8) is 0 Å². The van der Waals surface area contributed by atoms with Crippen LogP contribution in [0, 0.1) is 5.41 Å². The molecule has 1 aromatic carbocycles. The number of hydrogen-bond donors (Lipinski definition) is 3. The van der Waals surface area contributed by atoms with E-state index in [2.05, 4.69) is 5.32 Å². The zero-order valence-electron chi connectivity index (χ0n) is 16.0. The number of sulfonamides is 1. The van der Waals surface area contributed by atoms with Gasteiger partial charge < -0.3 is 16.2 Å². The third kappa shape index (κ3) is 9.32. The number of rotatable bonds is 10. The summed E-state index contributed by atoms with van der Waals surface area (Å²) >= 11 is 0. The van der Waals surface area contributed by atoms with Crippen molar-refractivity contribution in [2.45, 2.75) is 46.8 Å². The molecule has 0 heterocycles. The summed E-state index contributed by atoms with van der Waals surface area (Å²) < 4.78 is 25.5. The van der Waals surface area contributed by atoms with E-state index in [4.69, 9.17) is 5.73 Å². The van der Waals surface area contributed by atoms with Gasteiger partial charge in [-0.2, -0.15) is 4.31 Å². The molecule has 1 rings (SSSR count). The van der Waals surface area contributed by atoms with Crippen LogP contribution in [0.1, 0.15) is 33.8 Å². The van der Waals surface area contributed by atoms with Gasteiger partial charge in [0.05, 0.1) is 18.4 Å². The van der Waals surface area contributed by atoms with E-state index < -0.39 is 27.6 Å². The van der Waals surface area contributed by atoms with Gasteiger partial charge >= 0.3 is 0 Å². The van der Waals surface area contributed by atoms with E-state index in [1.807, 2.05) is 44.2 Å². The molecule has 0 bridgehead atoms. The van der Waals surface area contributed by atoms with Crippen LogP contribution >= 0.6 is 0 Å². The van der Waals surface area contributed by atoms with E-state index in [-0.39, 0.29) is 26.4 Å². The molecular weight excluding hydrogens is 366 g/mol. The lowest BCUT2D eigenvalue weighted by atomic mass is 9.93. The van der Waals surface area contributed by atoms with Gasteiger partial charge in [0.25, 0.3) is 0 Å². The largest absolute Gasteiger partial charge is 0.390 e. The summed E-state index contributed by atoms with van der Waals surface area (Å²) in [7, 11) is -3.53. The smallest absolute Gasteiger partial charge is 0.217 e. The van der Waals surface area contributed by atoms with E-state index >= 15 is 0 Å². The fourth-order valence-corrected chi connectivity index (χ4v) is 3.61. The van der Waals surface area contributed by atoms with Crippen LogP contribution in [0.25, 0.3) is 0 Å². The van der Waals surface area contributed by atoms with Crippen molar-refractivity contribution in [1.82, 2.24) is 9.62 Å². The topological polar surface area (TPSA) is 113 Å². The monoisotopic (exact) mass is 401 g/mol. The Bertz CT molecular complexity index is 677. The highest BCUT2D eigenvalue weighted by Gasteiger charge is 2.30. The number of benzene rings is 1. The van der Waals surface area contributed by atoms with Crippen molar-refractivity contribution in [2.75, 3.05) is 25.9 Å². The lowest BCUT2D eigenvalue weighted by Crippen LogP contribution is -2.52. The van der Waals surface area contributed by atoms with E-state index in [9.17, 15) is 18.3 Å². The van der Waals surface area contributed by atoms with E-state index in [0.717, 1.165) is 11.8 Å². The Morgan fingerprint density at radius 3 is 2.30 bits per heavy atom. The first-order chi connectivity index (χ1) is 11.9. The molecule has 1 amide bonds. The predicted molar refractivity (Wildman–Crippen MR) is 110 cm³/mol. The molecular formula is C19H35N3O4S. The zero-order chi connectivity index (χ0) is 20.0. The van der Waals surface area contributed by atoms with Gasteiger partial charge in [-0.1, -0.05) is 51.6 Å². The highest BCUT2D eigenvalue weighted by Crippen LogP contribution is 2.18. The minimum atomic E-state index is -3.53. The van der Waals surface area contributed by atoms with Crippen molar-refractivity contribution >= 4 is 15.9 Å². The number of carbonyl (C=O) groups excluding carboxylic acids is 1. The van der Waals surface area contributed by atoms with Crippen LogP contribution in [-0.2, 0) is 21.2 Å². The Balaban J connectivity index is 0.00000676. The van der Waals surface area contributed by atoms with Gasteiger partial charge in [-0.3, -0.25) is 4.79 Å². The third-order valence-corrected chi connectivity index (χ3v) is 5.38. The summed E-state index contributed by atoms with van der Waals surface area (Å²) in [6.45, 7) is 5.50. The first kappa shape index (κ1) is 25.5. The molecule has 156 valence electrons. The molecule has 8 heteroatoms. The van der Waals surface area contributed by atoms with Gasteiger partial charge in [0, 0.05) is 20.0 Å². The van der Waals surface area contributed by atoms with Crippen LogP contribution in [-0.4, -0.2) is 61.8 Å². The summed E-state index contributed by atoms with van der Waals surface area (Å²) in [6.07, 6.45) is 0.457. The number of aliphatic hydroxyl groups is 1. The summed E-state index contributed by atoms with van der Waals surface area (Å²) in [4.78, 5) is 11.5. The Morgan fingerprint density at radius 2 is 1.85 bits per heavy atom. The van der Waals surface area contributed by atoms with Crippen molar-refractivity contribution in [2.24, 2.45) is 11.1 Å². The molecule has 7 nitrogen and oxygen atoms in total. The molecule has 27 heavy (non-hydrogen) atoms. The lowest BCUT2D eigenvalue weighted by Gasteiger charge is -2.33. The number of nitrogens with one attached hydrogen (secondary N) is 1. The maximum absolute atomic E-state index is 12.2. The summed E-state index contributed by atoms with van der Waals surface area (Å²) in [5.74, 6) is -0.279. The van der Waals surface area contributed by atoms with Crippen LogP contribution < -0.4 is 11.1 Å². The molecule has 0 aliphatic rings. The third-order valence-electron chi connectivity index (χ3n) is 4.17. The van der Waals surface area contributed by atoms with Crippen LogP contribution in [0.2, 0.25) is 0 Å². The number of nitrogens with two attached hydrogens (primary N) is 1. The number of aliphatic hydroxyl groups excluding tert-OH is 1. The molecule has 4 N–H and O–H groups in total. The minimum Gasteiger partial charge on any atom is -0.390 e. The second-order valence-corrected chi connectivity index (χ2v) is 9.47. The molecule has 0 spiro atoms. The van der Waals surface area contributed by atoms with Gasteiger partial charge in [0.1, 0.15) is 0 Å². The fraction of sp³-hybridized carbons (Fsp3) is 0.632. The Labute approximate surface area is 164 Å². The van der Waals surface area contributed by atoms with E-state index in [1.165, 1.54) is 11.2 Å². The van der Waals surface area contributed by atoms with Crippen LogP contribution in [0.3, 0.4) is 0 Å². The Kier molecular flexibility index (Phi) is 10.2. The standard InChI is InChI=1S/C18H31N3O4S.CH4/c1-14(22)20-16(10-15-8-6-5-7-9-15)17(23)11-21(26(4,24)25)13-18(2,3)12-19;/h5-9,16-17,23H,10-13,19H2,1-4H3,(H,20,22);1H4/t16-,17+;/m0./s1. The minimum absolute atomic E-state index is 0. The lowest BCUT2D eigenvalue weighted by molar-refractivity contribution is -0.120. The molecule has 0 aliphatic heterocycles. The molecule has 1 aromatic rings. The van der Waals surface area contributed by atoms with Crippen molar-refractivity contribution in [3.8, 4) is 0 Å². The van der Waals surface area contributed by atoms with Gasteiger partial charge in [-0.05, 0) is 23.9 Å². The molecule has 0 aromatic heterocycles. The molecule has 0 radical (unpaired) electrons. The van der Waals surface area contributed by atoms with Crippen LogP contribution in [0.5, 0.6) is 0 Å². The second kappa shape index (κ2) is 10.8. The van der Waals surface area contributed by atoms with Gasteiger partial charge in [-0.25, -0.2) is 8.42 Å². The van der Waals surface area contributed by atoms with Crippen molar-refractivity contribution in [3.05, 3.63) is 35.9 Å². The van der Waals surface area contributed by atoms with Crippen LogP contribution in [0.4, 0.5) is 0 Å². The van der Waals surface area contributed by atoms with Crippen molar-refractivity contribution in [1.29, 1.82) is 0 Å². The van der Waals surface area contributed by atoms with E-state index in [1.54, 1.807) is 0 Å². The Morgan fingerprint density at radius 1 is 1.30 bits per heavy atom. The predicted octanol–water partition coefficient (Wildman–Crippen LogP) is 0.977. The van der Waals surface area contributed by atoms with Crippen LogP contribution in [0.15, 0.2) is 30.3 Å². The SMILES string of the molecule is C.CC(=O)N[C@@H](Cc1ccccc1)[C@H](O)CN(CC(C)(C)CN)S(C)(=O)=O. The number of hydrogen-bond acceptors (Lipinski definition) is 5. The molecule has 0 saturated heterocycles. The number of carbonyl (C=O) groups is 1. The normalized spacial score (nSPS) is 14.3.